The molecule has 0 unspecified atom stereocenters. The van der Waals surface area contributed by atoms with Crippen LogP contribution < -0.4 is 10.1 Å². The Balaban J connectivity index is 1.58. The first-order valence-electron chi connectivity index (χ1n) is 6.98. The number of hydrogen-bond donors (Lipinski definition) is 1. The van der Waals surface area contributed by atoms with E-state index in [-0.39, 0.29) is 0 Å². The van der Waals surface area contributed by atoms with Gasteiger partial charge in [-0.05, 0) is 54.8 Å². The quantitative estimate of drug-likeness (QED) is 0.863. The third-order valence-corrected chi connectivity index (χ3v) is 4.41. The summed E-state index contributed by atoms with van der Waals surface area (Å²) in [6.45, 7) is 0.984. The van der Waals surface area contributed by atoms with Gasteiger partial charge >= 0.3 is 0 Å². The van der Waals surface area contributed by atoms with E-state index in [1.807, 2.05) is 12.1 Å². The number of benzene rings is 2. The summed E-state index contributed by atoms with van der Waals surface area (Å²) in [6.07, 6.45) is 2.68. The van der Waals surface area contributed by atoms with Crippen LogP contribution in [0.5, 0.6) is 5.75 Å². The van der Waals surface area contributed by atoms with E-state index in [0.717, 1.165) is 18.3 Å². The predicted molar refractivity (Wildman–Crippen MR) is 83.4 cm³/mol. The van der Waals surface area contributed by atoms with E-state index in [1.165, 1.54) is 28.2 Å². The van der Waals surface area contributed by atoms with E-state index in [2.05, 4.69) is 41.7 Å². The summed E-state index contributed by atoms with van der Waals surface area (Å²) in [7, 11) is 1.69. The SMILES string of the molecule is COc1ccc(Sc2ccc(CNC3CC3)cc2)cc1. The molecule has 0 aliphatic heterocycles. The van der Waals surface area contributed by atoms with Gasteiger partial charge in [0.15, 0.2) is 0 Å². The average Bonchev–Trinajstić information content (AvgIpc) is 3.32. The highest BCUT2D eigenvalue weighted by atomic mass is 32.2. The number of methoxy groups -OCH3 is 1. The number of nitrogens with one attached hydrogen (secondary N) is 1. The van der Waals surface area contributed by atoms with Gasteiger partial charge in [0.25, 0.3) is 0 Å². The zero-order valence-corrected chi connectivity index (χ0v) is 12.5. The Kier molecular flexibility index (Phi) is 4.28. The van der Waals surface area contributed by atoms with Crippen LogP contribution in [-0.4, -0.2) is 13.2 Å². The standard InChI is InChI=1S/C17H19NOS/c1-19-15-6-10-17(11-7-15)20-16-8-2-13(3-9-16)12-18-14-4-5-14/h2-3,6-11,14,18H,4-5,12H2,1H3. The highest BCUT2D eigenvalue weighted by Gasteiger charge is 2.19. The van der Waals surface area contributed by atoms with Crippen LogP contribution in [0.2, 0.25) is 0 Å². The van der Waals surface area contributed by atoms with Gasteiger partial charge in [-0.25, -0.2) is 0 Å². The van der Waals surface area contributed by atoms with Crippen molar-refractivity contribution in [2.24, 2.45) is 0 Å². The molecule has 0 saturated heterocycles. The first kappa shape index (κ1) is 13.5. The summed E-state index contributed by atoms with van der Waals surface area (Å²) in [4.78, 5) is 2.50. The Morgan fingerprint density at radius 3 is 2.15 bits per heavy atom. The number of hydrogen-bond acceptors (Lipinski definition) is 3. The minimum Gasteiger partial charge on any atom is -0.497 e. The van der Waals surface area contributed by atoms with Crippen molar-refractivity contribution in [3.8, 4) is 5.75 Å². The van der Waals surface area contributed by atoms with Crippen molar-refractivity contribution in [3.05, 3.63) is 54.1 Å². The Labute approximate surface area is 124 Å². The fourth-order valence-corrected chi connectivity index (χ4v) is 2.82. The molecule has 1 saturated carbocycles. The van der Waals surface area contributed by atoms with Crippen LogP contribution in [0.4, 0.5) is 0 Å². The maximum Gasteiger partial charge on any atom is 0.118 e. The summed E-state index contributed by atoms with van der Waals surface area (Å²) >= 11 is 1.78. The molecular formula is C17H19NOS. The highest BCUT2D eigenvalue weighted by molar-refractivity contribution is 7.99. The van der Waals surface area contributed by atoms with Crippen molar-refractivity contribution < 1.29 is 4.74 Å². The van der Waals surface area contributed by atoms with Crippen molar-refractivity contribution in [2.75, 3.05) is 7.11 Å². The number of rotatable bonds is 6. The Morgan fingerprint density at radius 2 is 1.60 bits per heavy atom. The predicted octanol–water partition coefficient (Wildman–Crippen LogP) is 4.10. The zero-order chi connectivity index (χ0) is 13.8. The van der Waals surface area contributed by atoms with Crippen LogP contribution in [-0.2, 0) is 6.54 Å². The van der Waals surface area contributed by atoms with Gasteiger partial charge in [0.05, 0.1) is 7.11 Å². The van der Waals surface area contributed by atoms with Crippen LogP contribution in [0.1, 0.15) is 18.4 Å². The maximum atomic E-state index is 5.17. The molecule has 2 aromatic carbocycles. The van der Waals surface area contributed by atoms with E-state index in [1.54, 1.807) is 18.9 Å². The Hall–Kier alpha value is -1.45. The van der Waals surface area contributed by atoms with Crippen LogP contribution in [0.15, 0.2) is 58.3 Å². The number of ether oxygens (including phenoxy) is 1. The second kappa shape index (κ2) is 6.33. The van der Waals surface area contributed by atoms with Crippen LogP contribution in [0.25, 0.3) is 0 Å². The molecule has 1 fully saturated rings. The molecule has 0 atom stereocenters. The molecule has 0 amide bonds. The first-order chi connectivity index (χ1) is 9.83. The van der Waals surface area contributed by atoms with Crippen molar-refractivity contribution >= 4 is 11.8 Å². The molecule has 3 heteroatoms. The molecule has 0 heterocycles. The third-order valence-electron chi connectivity index (χ3n) is 3.39. The molecule has 0 radical (unpaired) electrons. The Morgan fingerprint density at radius 1 is 1.00 bits per heavy atom. The van der Waals surface area contributed by atoms with Crippen molar-refractivity contribution in [1.82, 2.24) is 5.32 Å². The van der Waals surface area contributed by atoms with Crippen LogP contribution in [0, 0.1) is 0 Å². The molecular weight excluding hydrogens is 266 g/mol. The molecule has 2 nitrogen and oxygen atoms in total. The van der Waals surface area contributed by atoms with Gasteiger partial charge in [-0.1, -0.05) is 23.9 Å². The summed E-state index contributed by atoms with van der Waals surface area (Å²) in [5.41, 5.74) is 1.36. The fourth-order valence-electron chi connectivity index (χ4n) is 2.00. The van der Waals surface area contributed by atoms with Gasteiger partial charge in [0.2, 0.25) is 0 Å². The summed E-state index contributed by atoms with van der Waals surface area (Å²) in [5, 5.41) is 3.53. The van der Waals surface area contributed by atoms with Gasteiger partial charge in [0.1, 0.15) is 5.75 Å². The molecule has 1 aliphatic carbocycles. The van der Waals surface area contributed by atoms with Crippen LogP contribution in [0.3, 0.4) is 0 Å². The molecule has 104 valence electrons. The van der Waals surface area contributed by atoms with E-state index in [9.17, 15) is 0 Å². The molecule has 2 aromatic rings. The average molecular weight is 285 g/mol. The van der Waals surface area contributed by atoms with Gasteiger partial charge in [-0.3, -0.25) is 0 Å². The molecule has 3 rings (SSSR count). The van der Waals surface area contributed by atoms with Gasteiger partial charge in [-0.15, -0.1) is 0 Å². The topological polar surface area (TPSA) is 21.3 Å². The van der Waals surface area contributed by atoms with Crippen molar-refractivity contribution in [3.63, 3.8) is 0 Å². The van der Waals surface area contributed by atoms with Gasteiger partial charge in [-0.2, -0.15) is 0 Å². The lowest BCUT2D eigenvalue weighted by Crippen LogP contribution is -2.14. The molecule has 0 spiro atoms. The van der Waals surface area contributed by atoms with E-state index >= 15 is 0 Å². The van der Waals surface area contributed by atoms with Crippen molar-refractivity contribution in [2.45, 2.75) is 35.2 Å². The maximum absolute atomic E-state index is 5.17. The van der Waals surface area contributed by atoms with Crippen molar-refractivity contribution in [1.29, 1.82) is 0 Å². The smallest absolute Gasteiger partial charge is 0.118 e. The van der Waals surface area contributed by atoms with E-state index in [0.29, 0.717) is 0 Å². The molecule has 0 aromatic heterocycles. The minimum absolute atomic E-state index is 0.767. The Bertz CT molecular complexity index is 546. The molecule has 0 bridgehead atoms. The second-order valence-electron chi connectivity index (χ2n) is 5.08. The first-order valence-corrected chi connectivity index (χ1v) is 7.79. The zero-order valence-electron chi connectivity index (χ0n) is 11.6. The summed E-state index contributed by atoms with van der Waals surface area (Å²) in [5.74, 6) is 0.899. The molecule has 1 N–H and O–H groups in total. The second-order valence-corrected chi connectivity index (χ2v) is 6.22. The lowest BCUT2D eigenvalue weighted by molar-refractivity contribution is 0.414. The van der Waals surface area contributed by atoms with E-state index < -0.39 is 0 Å². The van der Waals surface area contributed by atoms with Crippen LogP contribution >= 0.6 is 11.8 Å². The van der Waals surface area contributed by atoms with Gasteiger partial charge in [0, 0.05) is 22.4 Å². The lowest BCUT2D eigenvalue weighted by atomic mass is 10.2. The lowest BCUT2D eigenvalue weighted by Gasteiger charge is -2.06. The summed E-state index contributed by atoms with van der Waals surface area (Å²) < 4.78 is 5.17. The monoisotopic (exact) mass is 285 g/mol. The molecule has 20 heavy (non-hydrogen) atoms. The van der Waals surface area contributed by atoms with E-state index in [4.69, 9.17) is 4.74 Å². The summed E-state index contributed by atoms with van der Waals surface area (Å²) in [6, 6.07) is 17.7. The normalized spacial score (nSPS) is 14.2. The fraction of sp³-hybridized carbons (Fsp3) is 0.294. The minimum atomic E-state index is 0.767. The third kappa shape index (κ3) is 3.78. The van der Waals surface area contributed by atoms with Gasteiger partial charge < -0.3 is 10.1 Å². The largest absolute Gasteiger partial charge is 0.497 e. The highest BCUT2D eigenvalue weighted by Crippen LogP contribution is 2.29. The molecule has 1 aliphatic rings.